The summed E-state index contributed by atoms with van der Waals surface area (Å²) in [6, 6.07) is 19.2. The van der Waals surface area contributed by atoms with Gasteiger partial charge < -0.3 is 9.47 Å². The number of aromatic nitrogens is 4. The van der Waals surface area contributed by atoms with Gasteiger partial charge >= 0.3 is 0 Å². The van der Waals surface area contributed by atoms with Crippen molar-refractivity contribution in [3.05, 3.63) is 77.6 Å². The molecule has 8 heteroatoms. The van der Waals surface area contributed by atoms with Crippen LogP contribution in [-0.4, -0.2) is 40.2 Å². The predicted molar refractivity (Wildman–Crippen MR) is 125 cm³/mol. The molecule has 4 rings (SSSR count). The molecule has 162 valence electrons. The fourth-order valence-corrected chi connectivity index (χ4v) is 3.27. The normalized spacial score (nSPS) is 11.0. The third-order valence-corrected chi connectivity index (χ3v) is 4.79. The van der Waals surface area contributed by atoms with Gasteiger partial charge in [0.1, 0.15) is 11.5 Å². The van der Waals surface area contributed by atoms with Gasteiger partial charge in [-0.1, -0.05) is 30.3 Å². The van der Waals surface area contributed by atoms with Gasteiger partial charge in [0.25, 0.3) is 0 Å². The lowest BCUT2D eigenvalue weighted by Crippen LogP contribution is -2.06. The fourth-order valence-electron chi connectivity index (χ4n) is 3.27. The van der Waals surface area contributed by atoms with Gasteiger partial charge in [-0.25, -0.2) is 14.6 Å². The van der Waals surface area contributed by atoms with Gasteiger partial charge in [0.05, 0.1) is 26.1 Å². The van der Waals surface area contributed by atoms with Crippen LogP contribution in [0.1, 0.15) is 17.0 Å². The van der Waals surface area contributed by atoms with Crippen LogP contribution in [0.5, 0.6) is 11.5 Å². The lowest BCUT2D eigenvalue weighted by atomic mass is 10.2. The molecular weight excluding hydrogens is 404 g/mol. The molecule has 0 aliphatic rings. The maximum Gasteiger partial charge on any atom is 0.164 e. The molecule has 0 aliphatic heterocycles. The molecule has 0 spiro atoms. The molecule has 4 aromatic rings. The summed E-state index contributed by atoms with van der Waals surface area (Å²) in [5, 5.41) is 8.91. The van der Waals surface area contributed by atoms with Crippen LogP contribution >= 0.6 is 0 Å². The Bertz CT molecular complexity index is 1250. The molecule has 0 amide bonds. The van der Waals surface area contributed by atoms with Gasteiger partial charge in [-0.15, -0.1) is 0 Å². The highest BCUT2D eigenvalue weighted by atomic mass is 16.5. The number of methoxy groups -OCH3 is 2. The summed E-state index contributed by atoms with van der Waals surface area (Å²) in [6.45, 7) is 3.94. The van der Waals surface area contributed by atoms with E-state index in [-0.39, 0.29) is 0 Å². The van der Waals surface area contributed by atoms with Crippen LogP contribution in [0, 0.1) is 13.8 Å². The Morgan fingerprint density at radius 3 is 2.44 bits per heavy atom. The van der Waals surface area contributed by atoms with Crippen LogP contribution in [0.15, 0.2) is 65.8 Å². The van der Waals surface area contributed by atoms with Crippen LogP contribution in [0.4, 0.5) is 5.82 Å². The summed E-state index contributed by atoms with van der Waals surface area (Å²) < 4.78 is 12.5. The molecule has 0 fully saturated rings. The van der Waals surface area contributed by atoms with Crippen LogP contribution in [0.2, 0.25) is 0 Å². The van der Waals surface area contributed by atoms with Crippen molar-refractivity contribution < 1.29 is 9.47 Å². The number of ether oxygens (including phenoxy) is 2. The Labute approximate surface area is 186 Å². The smallest absolute Gasteiger partial charge is 0.164 e. The maximum atomic E-state index is 5.42. The van der Waals surface area contributed by atoms with Crippen molar-refractivity contribution in [1.82, 2.24) is 19.7 Å². The minimum Gasteiger partial charge on any atom is -0.497 e. The number of hydrogen-bond acceptors (Lipinski definition) is 7. The molecule has 0 atom stereocenters. The number of aryl methyl sites for hydroxylation is 2. The van der Waals surface area contributed by atoms with Crippen molar-refractivity contribution in [3.63, 3.8) is 0 Å². The number of benzene rings is 2. The largest absolute Gasteiger partial charge is 0.497 e. The van der Waals surface area contributed by atoms with Gasteiger partial charge in [-0.05, 0) is 32.0 Å². The van der Waals surface area contributed by atoms with E-state index in [0.717, 1.165) is 22.5 Å². The second-order valence-electron chi connectivity index (χ2n) is 7.12. The Hall–Kier alpha value is -4.20. The summed E-state index contributed by atoms with van der Waals surface area (Å²) in [5.74, 6) is 3.15. The van der Waals surface area contributed by atoms with Gasteiger partial charge in [-0.2, -0.15) is 10.2 Å². The molecule has 0 aliphatic carbocycles. The lowest BCUT2D eigenvalue weighted by Gasteiger charge is -2.10. The second-order valence-corrected chi connectivity index (χ2v) is 7.12. The lowest BCUT2D eigenvalue weighted by molar-refractivity contribution is 0.394. The van der Waals surface area contributed by atoms with E-state index in [2.05, 4.69) is 20.6 Å². The van der Waals surface area contributed by atoms with E-state index in [4.69, 9.17) is 14.5 Å². The molecule has 0 bridgehead atoms. The number of hydrazone groups is 1. The number of anilines is 1. The summed E-state index contributed by atoms with van der Waals surface area (Å²) in [6.07, 6.45) is 1.67. The van der Waals surface area contributed by atoms with Crippen molar-refractivity contribution in [2.24, 2.45) is 5.10 Å². The molecule has 0 saturated carbocycles. The number of hydrogen-bond donors (Lipinski definition) is 1. The molecule has 2 heterocycles. The number of nitrogens with one attached hydrogen (secondary N) is 1. The maximum absolute atomic E-state index is 5.42. The first-order valence-electron chi connectivity index (χ1n) is 10.1. The Kier molecular flexibility index (Phi) is 6.12. The molecule has 0 radical (unpaired) electrons. The number of rotatable bonds is 7. The molecule has 32 heavy (non-hydrogen) atoms. The fraction of sp³-hybridized carbons (Fsp3) is 0.167. The van der Waals surface area contributed by atoms with Crippen LogP contribution < -0.4 is 14.9 Å². The minimum atomic E-state index is 0.546. The van der Waals surface area contributed by atoms with E-state index < -0.39 is 0 Å². The summed E-state index contributed by atoms with van der Waals surface area (Å²) >= 11 is 0. The van der Waals surface area contributed by atoms with Crippen molar-refractivity contribution in [3.8, 4) is 28.7 Å². The third kappa shape index (κ3) is 4.59. The molecule has 2 aromatic carbocycles. The van der Waals surface area contributed by atoms with Gasteiger partial charge in [0.2, 0.25) is 0 Å². The first kappa shape index (κ1) is 21.0. The summed E-state index contributed by atoms with van der Waals surface area (Å²) in [7, 11) is 3.22. The van der Waals surface area contributed by atoms with Crippen LogP contribution in [0.3, 0.4) is 0 Å². The zero-order valence-electron chi connectivity index (χ0n) is 18.4. The molecule has 0 saturated heterocycles. The van der Waals surface area contributed by atoms with E-state index in [1.165, 1.54) is 0 Å². The van der Waals surface area contributed by atoms with Crippen LogP contribution in [0.25, 0.3) is 17.2 Å². The zero-order chi connectivity index (χ0) is 22.5. The topological polar surface area (TPSA) is 86.5 Å². The van der Waals surface area contributed by atoms with E-state index in [1.807, 2.05) is 68.4 Å². The quantitative estimate of drug-likeness (QED) is 0.347. The zero-order valence-corrected chi connectivity index (χ0v) is 18.4. The number of nitrogens with zero attached hydrogens (tertiary/aromatic N) is 5. The molecule has 0 unspecified atom stereocenters. The highest BCUT2D eigenvalue weighted by Crippen LogP contribution is 2.24. The van der Waals surface area contributed by atoms with Crippen molar-refractivity contribution in [2.45, 2.75) is 13.8 Å². The standard InChI is InChI=1S/C24H24N6O2/c1-16-12-17(2)30(29-16)23-14-22(26-24(27-23)18-8-6-5-7-9-18)28-25-15-19-10-11-20(31-3)13-21(19)32-4/h5-15H,1-4H3,(H,26,27,28)/b25-15-. The highest BCUT2D eigenvalue weighted by molar-refractivity contribution is 5.84. The van der Waals surface area contributed by atoms with Crippen molar-refractivity contribution in [2.75, 3.05) is 19.6 Å². The Morgan fingerprint density at radius 1 is 0.938 bits per heavy atom. The van der Waals surface area contributed by atoms with Gasteiger partial charge in [0.15, 0.2) is 17.5 Å². The average Bonchev–Trinajstić information content (AvgIpc) is 3.17. The Morgan fingerprint density at radius 2 is 1.75 bits per heavy atom. The summed E-state index contributed by atoms with van der Waals surface area (Å²) in [4.78, 5) is 9.36. The van der Waals surface area contributed by atoms with Crippen LogP contribution in [-0.2, 0) is 0 Å². The van der Waals surface area contributed by atoms with E-state index in [9.17, 15) is 0 Å². The van der Waals surface area contributed by atoms with E-state index in [1.54, 1.807) is 31.2 Å². The summed E-state index contributed by atoms with van der Waals surface area (Å²) in [5.41, 5.74) is 6.62. The molecule has 2 aromatic heterocycles. The Balaban J connectivity index is 1.68. The van der Waals surface area contributed by atoms with Gasteiger partial charge in [-0.3, -0.25) is 5.43 Å². The molecular formula is C24H24N6O2. The SMILES string of the molecule is COc1ccc(/C=N\Nc2cc(-n3nc(C)cc3C)nc(-c3ccccc3)n2)c(OC)c1. The van der Waals surface area contributed by atoms with E-state index in [0.29, 0.717) is 29.0 Å². The van der Waals surface area contributed by atoms with E-state index >= 15 is 0 Å². The second kappa shape index (κ2) is 9.30. The van der Waals surface area contributed by atoms with Crippen molar-refractivity contribution >= 4 is 12.0 Å². The minimum absolute atomic E-state index is 0.546. The predicted octanol–water partition coefficient (Wildman–Crippen LogP) is 4.41. The van der Waals surface area contributed by atoms with Crippen molar-refractivity contribution in [1.29, 1.82) is 0 Å². The monoisotopic (exact) mass is 428 g/mol. The molecule has 8 nitrogen and oxygen atoms in total. The van der Waals surface area contributed by atoms with Gasteiger partial charge in [0, 0.05) is 29.0 Å². The average molecular weight is 428 g/mol. The molecule has 1 N–H and O–H groups in total. The first-order chi connectivity index (χ1) is 15.6. The highest BCUT2D eigenvalue weighted by Gasteiger charge is 2.11. The third-order valence-electron chi connectivity index (χ3n) is 4.79. The first-order valence-corrected chi connectivity index (χ1v) is 10.1.